The Morgan fingerprint density at radius 2 is 2.32 bits per heavy atom. The van der Waals surface area contributed by atoms with Crippen LogP contribution in [0.15, 0.2) is 29.6 Å². The van der Waals surface area contributed by atoms with Gasteiger partial charge in [-0.25, -0.2) is 4.98 Å². The Bertz CT molecular complexity index is 676. The average molecular weight is 338 g/mol. The molecule has 0 radical (unpaired) electrons. The smallest absolute Gasteiger partial charge is 0.273 e. The Hall–Kier alpha value is -1.47. The number of nitrogens with two attached hydrogens (primary N) is 1. The van der Waals surface area contributed by atoms with E-state index in [1.807, 2.05) is 24.3 Å². The predicted octanol–water partition coefficient (Wildman–Crippen LogP) is 2.47. The summed E-state index contributed by atoms with van der Waals surface area (Å²) in [6.45, 7) is 1.85. The summed E-state index contributed by atoms with van der Waals surface area (Å²) in [5.41, 5.74) is 6.90. The van der Waals surface area contributed by atoms with Crippen molar-refractivity contribution in [2.75, 3.05) is 19.7 Å². The Morgan fingerprint density at radius 1 is 1.50 bits per heavy atom. The molecule has 1 aromatic carbocycles. The molecule has 1 aliphatic rings. The number of thiazole rings is 1. The summed E-state index contributed by atoms with van der Waals surface area (Å²) in [4.78, 5) is 18.5. The second-order valence-corrected chi connectivity index (χ2v) is 6.31. The molecule has 5 nitrogen and oxygen atoms in total. The van der Waals surface area contributed by atoms with Crippen LogP contribution in [0.2, 0.25) is 5.02 Å². The first kappa shape index (κ1) is 15.4. The molecule has 116 valence electrons. The lowest BCUT2D eigenvalue weighted by Crippen LogP contribution is -2.42. The van der Waals surface area contributed by atoms with Gasteiger partial charge in [-0.05, 0) is 6.07 Å². The van der Waals surface area contributed by atoms with Crippen LogP contribution in [0, 0.1) is 0 Å². The van der Waals surface area contributed by atoms with Crippen molar-refractivity contribution in [2.45, 2.75) is 12.6 Å². The second-order valence-electron chi connectivity index (χ2n) is 4.96. The van der Waals surface area contributed by atoms with E-state index in [0.717, 1.165) is 10.6 Å². The lowest BCUT2D eigenvalue weighted by atomic mass is 10.1. The lowest BCUT2D eigenvalue weighted by Gasteiger charge is -2.33. The van der Waals surface area contributed by atoms with Crippen LogP contribution in [0.1, 0.15) is 27.2 Å². The summed E-state index contributed by atoms with van der Waals surface area (Å²) < 4.78 is 5.77. The number of carbonyl (C=O) groups excluding carboxylic acids is 1. The van der Waals surface area contributed by atoms with Gasteiger partial charge in [0.2, 0.25) is 0 Å². The fraction of sp³-hybridized carbons (Fsp3) is 0.333. The van der Waals surface area contributed by atoms with Gasteiger partial charge in [-0.3, -0.25) is 4.79 Å². The van der Waals surface area contributed by atoms with Crippen molar-refractivity contribution >= 4 is 28.8 Å². The van der Waals surface area contributed by atoms with E-state index in [0.29, 0.717) is 37.0 Å². The maximum atomic E-state index is 12.5. The van der Waals surface area contributed by atoms with E-state index < -0.39 is 0 Å². The monoisotopic (exact) mass is 337 g/mol. The fourth-order valence-corrected chi connectivity index (χ4v) is 3.33. The number of benzene rings is 1. The molecule has 0 aliphatic carbocycles. The predicted molar refractivity (Wildman–Crippen MR) is 86.1 cm³/mol. The first-order chi connectivity index (χ1) is 10.7. The van der Waals surface area contributed by atoms with Gasteiger partial charge in [-0.2, -0.15) is 0 Å². The molecule has 3 rings (SSSR count). The van der Waals surface area contributed by atoms with E-state index in [1.165, 1.54) is 11.3 Å². The number of aromatic nitrogens is 1. The molecule has 2 heterocycles. The quantitative estimate of drug-likeness (QED) is 0.934. The third kappa shape index (κ3) is 3.15. The summed E-state index contributed by atoms with van der Waals surface area (Å²) in [5.74, 6) is -0.0868. The number of rotatable bonds is 3. The molecular formula is C15H16ClN3O2S. The van der Waals surface area contributed by atoms with Crippen molar-refractivity contribution in [1.29, 1.82) is 0 Å². The number of amides is 1. The normalized spacial score (nSPS) is 18.5. The van der Waals surface area contributed by atoms with Gasteiger partial charge < -0.3 is 15.4 Å². The van der Waals surface area contributed by atoms with Gasteiger partial charge >= 0.3 is 0 Å². The highest BCUT2D eigenvalue weighted by Crippen LogP contribution is 2.28. The van der Waals surface area contributed by atoms with Gasteiger partial charge in [0.05, 0.1) is 13.2 Å². The molecule has 1 saturated heterocycles. The minimum Gasteiger partial charge on any atom is -0.370 e. The van der Waals surface area contributed by atoms with Crippen molar-refractivity contribution in [2.24, 2.45) is 5.73 Å². The molecule has 2 aromatic rings. The molecule has 1 aromatic heterocycles. The van der Waals surface area contributed by atoms with Crippen LogP contribution < -0.4 is 5.73 Å². The zero-order chi connectivity index (χ0) is 15.5. The topological polar surface area (TPSA) is 68.5 Å². The first-order valence-corrected chi connectivity index (χ1v) is 8.24. The molecular weight excluding hydrogens is 322 g/mol. The van der Waals surface area contributed by atoms with Crippen molar-refractivity contribution in [1.82, 2.24) is 9.88 Å². The maximum Gasteiger partial charge on any atom is 0.273 e. The minimum absolute atomic E-state index is 0.0868. The Kier molecular flexibility index (Phi) is 4.73. The minimum atomic E-state index is -0.209. The average Bonchev–Trinajstić information content (AvgIpc) is 3.04. The third-order valence-electron chi connectivity index (χ3n) is 3.55. The number of halogens is 1. The van der Waals surface area contributed by atoms with E-state index in [9.17, 15) is 4.79 Å². The highest BCUT2D eigenvalue weighted by atomic mass is 35.5. The maximum absolute atomic E-state index is 12.5. The van der Waals surface area contributed by atoms with Crippen molar-refractivity contribution in [3.8, 4) is 0 Å². The van der Waals surface area contributed by atoms with Crippen molar-refractivity contribution < 1.29 is 9.53 Å². The summed E-state index contributed by atoms with van der Waals surface area (Å²) in [7, 11) is 0. The molecule has 0 saturated carbocycles. The van der Waals surface area contributed by atoms with E-state index in [4.69, 9.17) is 22.1 Å². The van der Waals surface area contributed by atoms with E-state index in [-0.39, 0.29) is 12.0 Å². The summed E-state index contributed by atoms with van der Waals surface area (Å²) in [6.07, 6.45) is -0.209. The van der Waals surface area contributed by atoms with Crippen LogP contribution >= 0.6 is 22.9 Å². The summed E-state index contributed by atoms with van der Waals surface area (Å²) in [6, 6.07) is 7.55. The van der Waals surface area contributed by atoms with Gasteiger partial charge in [0.15, 0.2) is 0 Å². The van der Waals surface area contributed by atoms with Crippen LogP contribution in [0.5, 0.6) is 0 Å². The SMILES string of the molecule is NCc1nc(C(=O)N2CCO[C@H](c3ccccc3Cl)C2)cs1. The molecule has 2 N–H and O–H groups in total. The van der Waals surface area contributed by atoms with Crippen LogP contribution in [-0.4, -0.2) is 35.5 Å². The van der Waals surface area contributed by atoms with Gasteiger partial charge in [0.25, 0.3) is 5.91 Å². The van der Waals surface area contributed by atoms with Crippen LogP contribution in [0.4, 0.5) is 0 Å². The Labute approximate surface area is 137 Å². The molecule has 1 fully saturated rings. The standard InChI is InChI=1S/C15H16ClN3O2S/c16-11-4-2-1-3-10(11)13-8-19(5-6-21-13)15(20)12-9-22-14(7-17)18-12/h1-4,9,13H,5-8,17H2/t13-/m0/s1. The third-order valence-corrected chi connectivity index (χ3v) is 4.77. The number of nitrogens with zero attached hydrogens (tertiary/aromatic N) is 2. The number of ether oxygens (including phenoxy) is 1. The molecule has 7 heteroatoms. The summed E-state index contributed by atoms with van der Waals surface area (Å²) >= 11 is 7.62. The molecule has 1 aliphatic heterocycles. The van der Waals surface area contributed by atoms with Crippen LogP contribution in [-0.2, 0) is 11.3 Å². The van der Waals surface area contributed by atoms with E-state index in [2.05, 4.69) is 4.98 Å². The molecule has 0 bridgehead atoms. The highest BCUT2D eigenvalue weighted by Gasteiger charge is 2.28. The van der Waals surface area contributed by atoms with E-state index >= 15 is 0 Å². The van der Waals surface area contributed by atoms with Crippen LogP contribution in [0.3, 0.4) is 0 Å². The summed E-state index contributed by atoms with van der Waals surface area (Å²) in [5, 5.41) is 3.17. The lowest BCUT2D eigenvalue weighted by molar-refractivity contribution is -0.0229. The van der Waals surface area contributed by atoms with Crippen LogP contribution in [0.25, 0.3) is 0 Å². The second kappa shape index (κ2) is 6.75. The van der Waals surface area contributed by atoms with Crippen molar-refractivity contribution in [3.05, 3.63) is 50.9 Å². The van der Waals surface area contributed by atoms with E-state index in [1.54, 1.807) is 10.3 Å². The zero-order valence-corrected chi connectivity index (χ0v) is 13.4. The van der Waals surface area contributed by atoms with Crippen molar-refractivity contribution in [3.63, 3.8) is 0 Å². The zero-order valence-electron chi connectivity index (χ0n) is 11.9. The highest BCUT2D eigenvalue weighted by molar-refractivity contribution is 7.09. The molecule has 22 heavy (non-hydrogen) atoms. The molecule has 1 amide bonds. The molecule has 0 unspecified atom stereocenters. The molecule has 0 spiro atoms. The Balaban J connectivity index is 1.75. The fourth-order valence-electron chi connectivity index (χ4n) is 2.42. The number of morpholine rings is 1. The number of hydrogen-bond acceptors (Lipinski definition) is 5. The first-order valence-electron chi connectivity index (χ1n) is 6.99. The largest absolute Gasteiger partial charge is 0.370 e. The van der Waals surface area contributed by atoms with Gasteiger partial charge in [-0.15, -0.1) is 11.3 Å². The Morgan fingerprint density at radius 3 is 3.05 bits per heavy atom. The van der Waals surface area contributed by atoms with Gasteiger partial charge in [0.1, 0.15) is 16.8 Å². The molecule has 1 atom stereocenters. The number of carbonyl (C=O) groups is 1. The number of hydrogen-bond donors (Lipinski definition) is 1. The van der Waals surface area contributed by atoms with Gasteiger partial charge in [-0.1, -0.05) is 29.8 Å². The van der Waals surface area contributed by atoms with Gasteiger partial charge in [0, 0.05) is 29.1 Å².